The molecule has 0 heterocycles. The number of carbonyl (C=O) groups excluding carboxylic acids is 1. The maximum atomic E-state index is 12.7. The van der Waals surface area contributed by atoms with Gasteiger partial charge in [-0.1, -0.05) is 120 Å². The van der Waals surface area contributed by atoms with Crippen LogP contribution >= 0.6 is 0 Å². The highest BCUT2D eigenvalue weighted by molar-refractivity contribution is 6.99. The fraction of sp³-hybridized carbons (Fsp3) is 0.472. The first-order valence-corrected chi connectivity index (χ1v) is 16.6. The SMILES string of the molecule is C=CC(=O)C1CCC(C)=C(C(CC(=C)CCCO[Si](c2ccccc2)(c2ccccc2)C(C)(C)C)OC)C1(C)C. The molecular formula is C36H50O3Si. The van der Waals surface area contributed by atoms with Crippen LogP contribution in [0.15, 0.2) is 96.6 Å². The van der Waals surface area contributed by atoms with E-state index < -0.39 is 8.32 Å². The van der Waals surface area contributed by atoms with Gasteiger partial charge < -0.3 is 9.16 Å². The van der Waals surface area contributed by atoms with E-state index >= 15 is 0 Å². The summed E-state index contributed by atoms with van der Waals surface area (Å²) in [5, 5.41) is 2.57. The van der Waals surface area contributed by atoms with Crippen molar-refractivity contribution in [2.75, 3.05) is 13.7 Å². The highest BCUT2D eigenvalue weighted by Crippen LogP contribution is 2.48. The molecule has 3 nitrogen and oxygen atoms in total. The number of rotatable bonds is 13. The van der Waals surface area contributed by atoms with E-state index in [-0.39, 0.29) is 28.3 Å². The monoisotopic (exact) mass is 558 g/mol. The lowest BCUT2D eigenvalue weighted by molar-refractivity contribution is -0.121. The predicted octanol–water partition coefficient (Wildman–Crippen LogP) is 7.81. The molecule has 40 heavy (non-hydrogen) atoms. The Balaban J connectivity index is 1.74. The van der Waals surface area contributed by atoms with E-state index in [1.54, 1.807) is 7.11 Å². The number of hydrogen-bond donors (Lipinski definition) is 0. The molecule has 2 aromatic rings. The average molecular weight is 559 g/mol. The van der Waals surface area contributed by atoms with E-state index in [9.17, 15) is 4.79 Å². The Morgan fingerprint density at radius 3 is 2.10 bits per heavy atom. The molecule has 3 rings (SSSR count). The van der Waals surface area contributed by atoms with Crippen molar-refractivity contribution < 1.29 is 14.0 Å². The number of hydrogen-bond acceptors (Lipinski definition) is 3. The van der Waals surface area contributed by atoms with E-state index in [4.69, 9.17) is 9.16 Å². The van der Waals surface area contributed by atoms with Crippen molar-refractivity contribution in [3.63, 3.8) is 0 Å². The second-order valence-electron chi connectivity index (χ2n) is 12.9. The molecule has 0 aromatic heterocycles. The lowest BCUT2D eigenvalue weighted by Gasteiger charge is -2.43. The maximum Gasteiger partial charge on any atom is 0.261 e. The Labute approximate surface area is 244 Å². The van der Waals surface area contributed by atoms with Crippen molar-refractivity contribution in [3.05, 3.63) is 96.6 Å². The van der Waals surface area contributed by atoms with Gasteiger partial charge in [0.2, 0.25) is 0 Å². The maximum absolute atomic E-state index is 12.7. The third-order valence-electron chi connectivity index (χ3n) is 8.87. The van der Waals surface area contributed by atoms with Gasteiger partial charge in [-0.2, -0.15) is 0 Å². The van der Waals surface area contributed by atoms with Gasteiger partial charge in [-0.15, -0.1) is 0 Å². The summed E-state index contributed by atoms with van der Waals surface area (Å²) in [5.41, 5.74) is 3.48. The summed E-state index contributed by atoms with van der Waals surface area (Å²) >= 11 is 0. The summed E-state index contributed by atoms with van der Waals surface area (Å²) in [6.45, 7) is 22.4. The zero-order chi connectivity index (χ0) is 29.6. The minimum absolute atomic E-state index is 0.0379. The molecule has 0 fully saturated rings. The summed E-state index contributed by atoms with van der Waals surface area (Å²) in [5.74, 6) is 0.0682. The minimum Gasteiger partial charge on any atom is -0.407 e. The molecule has 0 spiro atoms. The van der Waals surface area contributed by atoms with Gasteiger partial charge in [0.05, 0.1) is 6.10 Å². The Kier molecular flexibility index (Phi) is 10.7. The van der Waals surface area contributed by atoms with Gasteiger partial charge >= 0.3 is 0 Å². The Bertz CT molecular complexity index is 1150. The summed E-state index contributed by atoms with van der Waals surface area (Å²) in [6.07, 6.45) is 5.71. The van der Waals surface area contributed by atoms with Crippen molar-refractivity contribution >= 4 is 24.5 Å². The molecule has 2 aromatic carbocycles. The van der Waals surface area contributed by atoms with Gasteiger partial charge in [-0.3, -0.25) is 4.79 Å². The molecule has 2 unspecified atom stereocenters. The molecular weight excluding hydrogens is 508 g/mol. The molecule has 1 aliphatic rings. The normalized spacial score (nSPS) is 18.3. The number of benzene rings is 2. The van der Waals surface area contributed by atoms with Crippen LogP contribution < -0.4 is 10.4 Å². The number of methoxy groups -OCH3 is 1. The van der Waals surface area contributed by atoms with E-state index in [1.165, 1.54) is 27.6 Å². The highest BCUT2D eigenvalue weighted by Gasteiger charge is 2.50. The topological polar surface area (TPSA) is 35.5 Å². The molecule has 0 aliphatic heterocycles. The largest absolute Gasteiger partial charge is 0.407 e. The third kappa shape index (κ3) is 6.67. The lowest BCUT2D eigenvalue weighted by atomic mass is 9.62. The fourth-order valence-electron chi connectivity index (χ4n) is 6.90. The Hall–Kier alpha value is -2.53. The van der Waals surface area contributed by atoms with Crippen LogP contribution in [0.25, 0.3) is 0 Å². The van der Waals surface area contributed by atoms with Gasteiger partial charge in [0.1, 0.15) is 0 Å². The molecule has 1 aliphatic carbocycles. The molecule has 216 valence electrons. The Morgan fingerprint density at radius 1 is 1.07 bits per heavy atom. The van der Waals surface area contributed by atoms with Crippen LogP contribution in [0.5, 0.6) is 0 Å². The molecule has 0 saturated carbocycles. The molecule has 0 amide bonds. The first-order valence-electron chi connectivity index (χ1n) is 14.7. The smallest absolute Gasteiger partial charge is 0.261 e. The van der Waals surface area contributed by atoms with Crippen LogP contribution in [-0.2, 0) is 14.0 Å². The van der Waals surface area contributed by atoms with Crippen LogP contribution in [0.3, 0.4) is 0 Å². The fourth-order valence-corrected chi connectivity index (χ4v) is 11.5. The van der Waals surface area contributed by atoms with Gasteiger partial charge in [0.15, 0.2) is 5.78 Å². The van der Waals surface area contributed by atoms with Crippen LogP contribution in [-0.4, -0.2) is 33.9 Å². The number of carbonyl (C=O) groups is 1. The second kappa shape index (κ2) is 13.4. The summed E-state index contributed by atoms with van der Waals surface area (Å²) < 4.78 is 13.1. The zero-order valence-electron chi connectivity index (χ0n) is 25.9. The van der Waals surface area contributed by atoms with Crippen molar-refractivity contribution in [2.24, 2.45) is 11.3 Å². The van der Waals surface area contributed by atoms with Crippen LogP contribution in [0.2, 0.25) is 5.04 Å². The van der Waals surface area contributed by atoms with Crippen molar-refractivity contribution in [3.8, 4) is 0 Å². The lowest BCUT2D eigenvalue weighted by Crippen LogP contribution is -2.66. The van der Waals surface area contributed by atoms with Crippen molar-refractivity contribution in [1.29, 1.82) is 0 Å². The molecule has 4 heteroatoms. The predicted molar refractivity (Wildman–Crippen MR) is 172 cm³/mol. The van der Waals surface area contributed by atoms with Crippen LogP contribution in [0, 0.1) is 11.3 Å². The summed E-state index contributed by atoms with van der Waals surface area (Å²) in [6, 6.07) is 21.6. The van der Waals surface area contributed by atoms with Crippen LogP contribution in [0.1, 0.15) is 73.6 Å². The van der Waals surface area contributed by atoms with E-state index in [2.05, 4.69) is 115 Å². The van der Waals surface area contributed by atoms with Crippen molar-refractivity contribution in [2.45, 2.75) is 84.8 Å². The quantitative estimate of drug-likeness (QED) is 0.109. The number of ketones is 1. The number of ether oxygens (including phenoxy) is 1. The highest BCUT2D eigenvalue weighted by atomic mass is 28.4. The standard InChI is InChI=1S/C36H50O3Si/c1-10-32(37)31-24-23-28(3)34(36(31,7)8)33(38-9)26-27(2)18-17-25-39-40(35(4,5)6,29-19-13-11-14-20-29)30-21-15-12-16-22-30/h10-16,19-22,31,33H,1-2,17-18,23-26H2,3-9H3. The Morgan fingerprint density at radius 2 is 1.62 bits per heavy atom. The van der Waals surface area contributed by atoms with Crippen LogP contribution in [0.4, 0.5) is 0 Å². The average Bonchev–Trinajstić information content (AvgIpc) is 2.92. The summed E-state index contributed by atoms with van der Waals surface area (Å²) in [7, 11) is -0.762. The first-order chi connectivity index (χ1) is 18.9. The van der Waals surface area contributed by atoms with E-state index in [0.29, 0.717) is 6.61 Å². The molecule has 0 radical (unpaired) electrons. The molecule has 0 N–H and O–H groups in total. The van der Waals surface area contributed by atoms with Gasteiger partial charge in [0, 0.05) is 19.6 Å². The molecule has 2 atom stereocenters. The molecule has 0 saturated heterocycles. The third-order valence-corrected chi connectivity index (χ3v) is 13.9. The zero-order valence-corrected chi connectivity index (χ0v) is 26.9. The molecule has 0 bridgehead atoms. The van der Waals surface area contributed by atoms with Crippen molar-refractivity contribution in [1.82, 2.24) is 0 Å². The summed E-state index contributed by atoms with van der Waals surface area (Å²) in [4.78, 5) is 12.7. The second-order valence-corrected chi connectivity index (χ2v) is 17.2. The minimum atomic E-state index is -2.54. The van der Waals surface area contributed by atoms with E-state index in [1.807, 2.05) is 0 Å². The van der Waals surface area contributed by atoms with E-state index in [0.717, 1.165) is 37.7 Å². The van der Waals surface area contributed by atoms with Gasteiger partial charge in [0.25, 0.3) is 8.32 Å². The number of allylic oxidation sites excluding steroid dienone is 2. The van der Waals surface area contributed by atoms with Gasteiger partial charge in [-0.25, -0.2) is 0 Å². The van der Waals surface area contributed by atoms with Gasteiger partial charge in [-0.05, 0) is 71.5 Å². The first kappa shape index (κ1) is 32.0.